The molecule has 2 aromatic carbocycles. The summed E-state index contributed by atoms with van der Waals surface area (Å²) < 4.78 is 39.8. The number of nitrogens with zero attached hydrogens (tertiary/aromatic N) is 2. The fourth-order valence-electron chi connectivity index (χ4n) is 9.41. The van der Waals surface area contributed by atoms with Crippen molar-refractivity contribution in [2.75, 3.05) is 27.3 Å². The van der Waals surface area contributed by atoms with Crippen LogP contribution in [-0.2, 0) is 38.0 Å². The van der Waals surface area contributed by atoms with E-state index in [1.165, 1.54) is 0 Å². The number of carbonyl (C=O) groups is 2. The van der Waals surface area contributed by atoms with Gasteiger partial charge in [0.25, 0.3) is 0 Å². The molecule has 0 aliphatic carbocycles. The van der Waals surface area contributed by atoms with Gasteiger partial charge in [0.15, 0.2) is 23.4 Å². The third-order valence-corrected chi connectivity index (χ3v) is 12.6. The molecule has 3 unspecified atom stereocenters. The van der Waals surface area contributed by atoms with Crippen molar-refractivity contribution in [3.63, 3.8) is 0 Å². The first kappa shape index (κ1) is 42.4. The number of carbonyl (C=O) groups excluding carboxylic acids is 2. The van der Waals surface area contributed by atoms with Crippen molar-refractivity contribution in [2.45, 2.75) is 135 Å². The van der Waals surface area contributed by atoms with E-state index >= 15 is 0 Å². The van der Waals surface area contributed by atoms with Crippen LogP contribution in [0, 0.1) is 23.7 Å². The van der Waals surface area contributed by atoms with Gasteiger partial charge in [-0.3, -0.25) is 9.59 Å². The zero-order chi connectivity index (χ0) is 40.5. The summed E-state index contributed by atoms with van der Waals surface area (Å²) in [6.07, 6.45) is -3.55. The molecule has 4 bridgehead atoms. The third-order valence-electron chi connectivity index (χ3n) is 12.6. The number of ether oxygens (including phenoxy) is 6. The normalized spacial score (nSPS) is 40.5. The quantitative estimate of drug-likeness (QED) is 0.259. The number of hydrogen-bond acceptors (Lipinski definition) is 12. The van der Waals surface area contributed by atoms with Crippen LogP contribution in [0.2, 0.25) is 0 Å². The maximum absolute atomic E-state index is 14.2. The summed E-state index contributed by atoms with van der Waals surface area (Å²) in [5, 5.41) is 16.2. The van der Waals surface area contributed by atoms with E-state index in [1.54, 1.807) is 13.8 Å². The number of oxime groups is 1. The Morgan fingerprint density at radius 2 is 1.59 bits per heavy atom. The monoisotopic (exact) mass is 778 g/mol. The molecule has 0 radical (unpaired) electrons. The molecule has 1 N–H and O–H groups in total. The number of fused-ring (bicyclic) bond motifs is 5. The first-order valence-corrected chi connectivity index (χ1v) is 20.3. The molecule has 0 amide bonds. The van der Waals surface area contributed by atoms with Crippen LogP contribution in [0.4, 0.5) is 0 Å². The number of aliphatic hydroxyl groups is 1. The van der Waals surface area contributed by atoms with E-state index < -0.39 is 71.7 Å². The number of ketones is 1. The Hall–Kier alpha value is -3.23. The second kappa shape index (κ2) is 17.3. The van der Waals surface area contributed by atoms with Crippen LogP contribution in [0.3, 0.4) is 0 Å². The minimum absolute atomic E-state index is 0.00550. The number of Topliss-reactive ketones (excluding diaryl/α,β-unsaturated/α-hetero) is 1. The summed E-state index contributed by atoms with van der Waals surface area (Å²) in [6, 6.07) is 17.5. The van der Waals surface area contributed by atoms with E-state index in [4.69, 9.17) is 33.3 Å². The van der Waals surface area contributed by atoms with Crippen LogP contribution in [0.15, 0.2) is 59.8 Å². The van der Waals surface area contributed by atoms with Crippen LogP contribution in [0.5, 0.6) is 5.75 Å². The first-order chi connectivity index (χ1) is 26.6. The Balaban J connectivity index is 1.39. The van der Waals surface area contributed by atoms with Gasteiger partial charge < -0.3 is 43.3 Å². The fraction of sp³-hybridized carbons (Fsp3) is 0.659. The molecule has 6 rings (SSSR count). The van der Waals surface area contributed by atoms with Crippen LogP contribution < -0.4 is 4.84 Å². The first-order valence-electron chi connectivity index (χ1n) is 20.3. The second-order valence-corrected chi connectivity index (χ2v) is 17.2. The summed E-state index contributed by atoms with van der Waals surface area (Å²) in [5.41, 5.74) is 0.212. The van der Waals surface area contributed by atoms with Crippen molar-refractivity contribution in [1.29, 1.82) is 0 Å². The van der Waals surface area contributed by atoms with E-state index in [9.17, 15) is 14.7 Å². The van der Waals surface area contributed by atoms with Crippen LogP contribution in [-0.4, -0.2) is 115 Å². The van der Waals surface area contributed by atoms with Crippen molar-refractivity contribution in [3.05, 3.63) is 54.6 Å². The molecule has 56 heavy (non-hydrogen) atoms. The Morgan fingerprint density at radius 1 is 0.911 bits per heavy atom. The number of cyclic esters (lactones) is 1. The van der Waals surface area contributed by atoms with Gasteiger partial charge in [-0.05, 0) is 90.2 Å². The van der Waals surface area contributed by atoms with E-state index in [2.05, 4.69) is 24.2 Å². The van der Waals surface area contributed by atoms with Crippen molar-refractivity contribution >= 4 is 17.5 Å². The molecule has 0 spiro atoms. The average Bonchev–Trinajstić information content (AvgIpc) is 3.43. The predicted octanol–water partition coefficient (Wildman–Crippen LogP) is 6.07. The van der Waals surface area contributed by atoms with Crippen molar-refractivity contribution in [1.82, 2.24) is 4.90 Å². The van der Waals surface area contributed by atoms with Gasteiger partial charge in [-0.1, -0.05) is 75.3 Å². The lowest BCUT2D eigenvalue weighted by Crippen LogP contribution is -2.59. The van der Waals surface area contributed by atoms with E-state index in [0.29, 0.717) is 30.7 Å². The van der Waals surface area contributed by atoms with Crippen LogP contribution >= 0.6 is 0 Å². The van der Waals surface area contributed by atoms with E-state index in [1.807, 2.05) is 96.1 Å². The van der Waals surface area contributed by atoms with Gasteiger partial charge in [0.2, 0.25) is 0 Å². The summed E-state index contributed by atoms with van der Waals surface area (Å²) >= 11 is 0. The van der Waals surface area contributed by atoms with Gasteiger partial charge in [0, 0.05) is 17.9 Å². The Kier molecular flexibility index (Phi) is 13.1. The van der Waals surface area contributed by atoms with Gasteiger partial charge in [-0.2, -0.15) is 0 Å². The Bertz CT molecular complexity index is 1690. The van der Waals surface area contributed by atoms with E-state index in [0.717, 1.165) is 11.1 Å². The van der Waals surface area contributed by atoms with Gasteiger partial charge in [-0.25, -0.2) is 0 Å². The summed E-state index contributed by atoms with van der Waals surface area (Å²) in [4.78, 5) is 36.1. The number of hydrogen-bond donors (Lipinski definition) is 1. The lowest BCUT2D eigenvalue weighted by atomic mass is 9.75. The number of esters is 1. The molecule has 0 saturated carbocycles. The zero-order valence-electron chi connectivity index (χ0n) is 34.7. The van der Waals surface area contributed by atoms with Gasteiger partial charge >= 0.3 is 5.97 Å². The molecule has 4 aliphatic heterocycles. The molecule has 308 valence electrons. The zero-order valence-corrected chi connectivity index (χ0v) is 34.7. The number of rotatable bonds is 7. The summed E-state index contributed by atoms with van der Waals surface area (Å²) in [6.45, 7) is 15.3. The molecule has 4 fully saturated rings. The fourth-order valence-corrected chi connectivity index (χ4v) is 9.41. The molecule has 4 heterocycles. The van der Waals surface area contributed by atoms with Gasteiger partial charge in [0.1, 0.15) is 17.9 Å². The van der Waals surface area contributed by atoms with Crippen molar-refractivity contribution < 1.29 is 48.0 Å². The maximum Gasteiger partial charge on any atom is 0.311 e. The third kappa shape index (κ3) is 8.62. The molecule has 14 atom stereocenters. The maximum atomic E-state index is 14.2. The largest absolute Gasteiger partial charge is 0.459 e. The lowest BCUT2D eigenvalue weighted by Gasteiger charge is -2.48. The molecule has 0 aromatic heterocycles. The topological polar surface area (TPSA) is 135 Å². The number of likely N-dealkylation sites (N-methyl/N-ethyl adjacent to an activating group) is 1. The minimum atomic E-state index is -1.31. The SMILES string of the molecule is CC[C@H]1OC(=O)[C@H](C)[C@H]2OC/C(=N\Oc3ccc(-c4ccccc4)cc3)CO[C@](C)(C[C@@H](C)C3OC1(C)C(=O)C3C)[C@H](O[C@@H]1O[C@H](C)C[C@H](N(C)C)[C@H]1O)[C@@H]2C. The highest BCUT2D eigenvalue weighted by Gasteiger charge is 2.58. The average molecular weight is 779 g/mol. The highest BCUT2D eigenvalue weighted by molar-refractivity contribution is 5.92. The van der Waals surface area contributed by atoms with Crippen LogP contribution in [0.1, 0.15) is 74.7 Å². The molecule has 12 nitrogen and oxygen atoms in total. The molecule has 4 saturated heterocycles. The van der Waals surface area contributed by atoms with E-state index in [-0.39, 0.29) is 37.1 Å². The number of aliphatic hydroxyl groups excluding tert-OH is 1. The molecule has 2 aromatic rings. The molecular weight excluding hydrogens is 716 g/mol. The molecule has 4 aliphatic rings. The molecule has 12 heteroatoms. The smallest absolute Gasteiger partial charge is 0.311 e. The van der Waals surface area contributed by atoms with Crippen LogP contribution in [0.25, 0.3) is 11.1 Å². The van der Waals surface area contributed by atoms with Crippen molar-refractivity contribution in [2.24, 2.45) is 28.8 Å². The second-order valence-electron chi connectivity index (χ2n) is 17.2. The van der Waals surface area contributed by atoms with Crippen molar-refractivity contribution in [3.8, 4) is 16.9 Å². The predicted molar refractivity (Wildman–Crippen MR) is 211 cm³/mol. The minimum Gasteiger partial charge on any atom is -0.459 e. The Labute approximate surface area is 332 Å². The Morgan fingerprint density at radius 3 is 2.25 bits per heavy atom. The summed E-state index contributed by atoms with van der Waals surface area (Å²) in [5.74, 6) is -2.03. The highest BCUT2D eigenvalue weighted by Crippen LogP contribution is 2.45. The lowest BCUT2D eigenvalue weighted by molar-refractivity contribution is -0.302. The molecular formula is C44H62N2O10. The standard InChI is InChI=1S/C44H62N2O10/c1-11-35-44(8)39(48)27(4)37(55-44)25(2)22-43(7)40(54-42-36(47)34(46(9)10)21-26(3)52-42)28(5)38(29(6)41(49)53-35)50-23-32(24-51-43)45-56-33-19-17-31(18-20-33)30-15-13-12-14-16-30/h12-20,25-29,34-38,40,42,47H,11,21-24H2,1-10H3/b45-32+/t25-,26-,27?,28-,29-,34+,35-,36-,37?,38+,40-,42+,43-,44?/m1/s1. The van der Waals surface area contributed by atoms with Gasteiger partial charge in [0.05, 0.1) is 49.1 Å². The highest BCUT2D eigenvalue weighted by atomic mass is 16.7. The van der Waals surface area contributed by atoms with Gasteiger partial charge in [-0.15, -0.1) is 0 Å². The number of benzene rings is 2. The summed E-state index contributed by atoms with van der Waals surface area (Å²) in [7, 11) is 3.86.